The summed E-state index contributed by atoms with van der Waals surface area (Å²) >= 11 is 0. The summed E-state index contributed by atoms with van der Waals surface area (Å²) in [5, 5.41) is -0.596. The van der Waals surface area contributed by atoms with Gasteiger partial charge in [0.05, 0.1) is 21.1 Å². The lowest BCUT2D eigenvalue weighted by molar-refractivity contribution is -0.910. The molecule has 0 aromatic carbocycles. The molecular formula is C29H59NO2P+. The Morgan fingerprint density at radius 3 is 1.33 bits per heavy atom. The van der Waals surface area contributed by atoms with E-state index in [0.29, 0.717) is 10.9 Å². The molecule has 3 nitrogen and oxygen atoms in total. The van der Waals surface area contributed by atoms with Gasteiger partial charge in [-0.25, -0.2) is 0 Å². The zero-order valence-corrected chi connectivity index (χ0v) is 24.1. The first-order chi connectivity index (χ1) is 15.8. The van der Waals surface area contributed by atoms with Gasteiger partial charge in [0.1, 0.15) is 0 Å². The molecule has 2 atom stereocenters. The Labute approximate surface area is 209 Å². The Morgan fingerprint density at radius 1 is 0.636 bits per heavy atom. The third-order valence-electron chi connectivity index (χ3n) is 7.47. The van der Waals surface area contributed by atoms with Crippen molar-refractivity contribution in [2.45, 2.75) is 154 Å². The van der Waals surface area contributed by atoms with Gasteiger partial charge in [-0.2, -0.15) is 0 Å². The first-order valence-corrected chi connectivity index (χ1v) is 15.6. The van der Waals surface area contributed by atoms with Crippen molar-refractivity contribution in [2.24, 2.45) is 0 Å². The summed E-state index contributed by atoms with van der Waals surface area (Å²) in [5.74, 6) is 0. The third-order valence-corrected chi connectivity index (χ3v) is 9.29. The lowest BCUT2D eigenvalue weighted by atomic mass is 10.0. The summed E-state index contributed by atoms with van der Waals surface area (Å²) in [6.07, 6.45) is 31.6. The maximum atomic E-state index is 12.0. The molecule has 0 rings (SSSR count). The standard InChI is InChI=1S/C29H59NO2P/c1-6-8-9-10-11-12-13-14-15-16-17-18-19-20-21-22-23-24-25-26-27-28-29(7-2,33(31)32)30(3,4)5/h9-10H,6-8,11-28H2,1-5H3/q+1/b10-9-. The quantitative estimate of drug-likeness (QED) is 0.0592. The summed E-state index contributed by atoms with van der Waals surface area (Å²) in [5.41, 5.74) is 0. The minimum Gasteiger partial charge on any atom is -0.590 e. The Morgan fingerprint density at radius 2 is 1.00 bits per heavy atom. The molecule has 0 aliphatic carbocycles. The van der Waals surface area contributed by atoms with Crippen LogP contribution in [0.3, 0.4) is 0 Å². The van der Waals surface area contributed by atoms with Gasteiger partial charge >= 0.3 is 8.03 Å². The highest BCUT2D eigenvalue weighted by Gasteiger charge is 2.52. The first kappa shape index (κ1) is 32.8. The minimum atomic E-state index is -2.41. The molecule has 33 heavy (non-hydrogen) atoms. The summed E-state index contributed by atoms with van der Waals surface area (Å²) in [6, 6.07) is 0. The van der Waals surface area contributed by atoms with Crippen molar-refractivity contribution in [3.8, 4) is 0 Å². The van der Waals surface area contributed by atoms with Crippen molar-refractivity contribution in [3.63, 3.8) is 0 Å². The number of allylic oxidation sites excluding steroid dienone is 2. The fourth-order valence-electron chi connectivity index (χ4n) is 5.00. The van der Waals surface area contributed by atoms with Crippen LogP contribution in [-0.2, 0) is 4.57 Å². The lowest BCUT2D eigenvalue weighted by Gasteiger charge is -2.39. The van der Waals surface area contributed by atoms with Crippen LogP contribution >= 0.6 is 8.03 Å². The number of hydrogen-bond donors (Lipinski definition) is 0. The van der Waals surface area contributed by atoms with E-state index >= 15 is 0 Å². The van der Waals surface area contributed by atoms with Gasteiger partial charge in [0.15, 0.2) is 0 Å². The van der Waals surface area contributed by atoms with Crippen LogP contribution in [0.5, 0.6) is 0 Å². The van der Waals surface area contributed by atoms with E-state index in [9.17, 15) is 9.46 Å². The predicted molar refractivity (Wildman–Crippen MR) is 146 cm³/mol. The van der Waals surface area contributed by atoms with Crippen LogP contribution < -0.4 is 4.89 Å². The van der Waals surface area contributed by atoms with Gasteiger partial charge in [-0.15, -0.1) is 0 Å². The van der Waals surface area contributed by atoms with E-state index in [2.05, 4.69) is 19.1 Å². The highest BCUT2D eigenvalue weighted by atomic mass is 31.1. The molecule has 0 spiro atoms. The SMILES string of the molecule is CCC/C=C\CCCCCCCCCCCCCCCCCCC(CC)([P+](=O)[O-])[N+](C)(C)C. The van der Waals surface area contributed by atoms with E-state index in [-0.39, 0.29) is 0 Å². The van der Waals surface area contributed by atoms with Gasteiger partial charge in [-0.1, -0.05) is 127 Å². The zero-order chi connectivity index (χ0) is 24.8. The Balaban J connectivity index is 3.45. The summed E-state index contributed by atoms with van der Waals surface area (Å²) < 4.78 is 12.5. The second kappa shape index (κ2) is 21.1. The van der Waals surface area contributed by atoms with Gasteiger partial charge in [0, 0.05) is 12.8 Å². The number of unbranched alkanes of at least 4 members (excludes halogenated alkanes) is 17. The van der Waals surface area contributed by atoms with Crippen molar-refractivity contribution in [2.75, 3.05) is 21.1 Å². The molecule has 0 radical (unpaired) electrons. The zero-order valence-electron chi connectivity index (χ0n) is 23.2. The van der Waals surface area contributed by atoms with Crippen molar-refractivity contribution < 1.29 is 13.9 Å². The van der Waals surface area contributed by atoms with Gasteiger partial charge in [0.25, 0.3) is 5.28 Å². The van der Waals surface area contributed by atoms with Gasteiger partial charge < -0.3 is 4.89 Å². The Kier molecular flexibility index (Phi) is 20.9. The number of nitrogens with zero attached hydrogens (tertiary/aromatic N) is 1. The topological polar surface area (TPSA) is 40.1 Å². The minimum absolute atomic E-state index is 0.513. The van der Waals surface area contributed by atoms with Crippen LogP contribution in [0.2, 0.25) is 0 Å². The van der Waals surface area contributed by atoms with E-state index in [4.69, 9.17) is 0 Å². The molecule has 196 valence electrons. The van der Waals surface area contributed by atoms with Crippen LogP contribution in [0.25, 0.3) is 0 Å². The molecule has 0 bridgehead atoms. The number of quaternary nitrogens is 1. The Bertz CT molecular complexity index is 487. The summed E-state index contributed by atoms with van der Waals surface area (Å²) in [6.45, 7) is 4.26. The summed E-state index contributed by atoms with van der Waals surface area (Å²) in [4.78, 5) is 12.0. The maximum absolute atomic E-state index is 12.0. The van der Waals surface area contributed by atoms with Crippen LogP contribution in [0, 0.1) is 0 Å². The molecule has 0 aliphatic rings. The molecule has 0 aromatic heterocycles. The fourth-order valence-corrected chi connectivity index (χ4v) is 6.09. The van der Waals surface area contributed by atoms with Crippen molar-refractivity contribution in [1.82, 2.24) is 0 Å². The largest absolute Gasteiger partial charge is 0.590 e. The third kappa shape index (κ3) is 16.1. The second-order valence-electron chi connectivity index (χ2n) is 11.1. The number of rotatable bonds is 24. The normalized spacial score (nSPS) is 14.7. The molecule has 4 heteroatoms. The molecule has 2 unspecified atom stereocenters. The fraction of sp³-hybridized carbons (Fsp3) is 0.931. The van der Waals surface area contributed by atoms with Crippen molar-refractivity contribution in [3.05, 3.63) is 12.2 Å². The number of hydrogen-bond acceptors (Lipinski definition) is 2. The molecular weight excluding hydrogens is 425 g/mol. The monoisotopic (exact) mass is 484 g/mol. The van der Waals surface area contributed by atoms with Gasteiger partial charge in [0.2, 0.25) is 0 Å². The van der Waals surface area contributed by atoms with E-state index < -0.39 is 13.3 Å². The summed E-state index contributed by atoms with van der Waals surface area (Å²) in [7, 11) is 3.64. The van der Waals surface area contributed by atoms with Gasteiger partial charge in [-0.05, 0) is 25.7 Å². The molecule has 0 heterocycles. The van der Waals surface area contributed by atoms with Crippen LogP contribution in [0.15, 0.2) is 12.2 Å². The lowest BCUT2D eigenvalue weighted by Crippen LogP contribution is -2.55. The van der Waals surface area contributed by atoms with Crippen molar-refractivity contribution >= 4 is 8.03 Å². The average molecular weight is 485 g/mol. The molecule has 0 saturated heterocycles. The Hall–Kier alpha value is -0.240. The van der Waals surface area contributed by atoms with E-state index in [1.54, 1.807) is 0 Å². The molecule has 0 aliphatic heterocycles. The van der Waals surface area contributed by atoms with E-state index in [0.717, 1.165) is 12.8 Å². The highest BCUT2D eigenvalue weighted by molar-refractivity contribution is 7.38. The van der Waals surface area contributed by atoms with E-state index in [1.165, 1.54) is 116 Å². The van der Waals surface area contributed by atoms with Gasteiger partial charge in [-0.3, -0.25) is 4.48 Å². The van der Waals surface area contributed by atoms with E-state index in [1.807, 2.05) is 28.1 Å². The van der Waals surface area contributed by atoms with Crippen LogP contribution in [0.1, 0.15) is 149 Å². The molecule has 0 fully saturated rings. The van der Waals surface area contributed by atoms with Crippen LogP contribution in [0.4, 0.5) is 0 Å². The maximum Gasteiger partial charge on any atom is 0.376 e. The molecule has 0 saturated carbocycles. The highest BCUT2D eigenvalue weighted by Crippen LogP contribution is 2.44. The average Bonchev–Trinajstić information content (AvgIpc) is 2.76. The molecule has 0 aromatic rings. The first-order valence-electron chi connectivity index (χ1n) is 14.4. The van der Waals surface area contributed by atoms with Crippen molar-refractivity contribution in [1.29, 1.82) is 0 Å². The van der Waals surface area contributed by atoms with Crippen LogP contribution in [-0.4, -0.2) is 30.9 Å². The smallest absolute Gasteiger partial charge is 0.376 e. The molecule has 0 N–H and O–H groups in total. The second-order valence-corrected chi connectivity index (χ2v) is 12.4. The predicted octanol–water partition coefficient (Wildman–Crippen LogP) is 9.28. The molecule has 0 amide bonds.